The zero-order valence-corrected chi connectivity index (χ0v) is 25.0. The highest BCUT2D eigenvalue weighted by Gasteiger charge is 2.32. The predicted molar refractivity (Wildman–Crippen MR) is 159 cm³/mol. The second kappa shape index (κ2) is 11.7. The molecule has 42 heavy (non-hydrogen) atoms. The number of hydrogen-bond acceptors (Lipinski definition) is 10. The Balaban J connectivity index is 1.37. The zero-order chi connectivity index (χ0) is 30.0. The SMILES string of the molecule is CC(C)Nc1cc(-c2ccc3cc(C#N)cnn23)ncc1-c1nnc(C(=O)N2CCC[C@@H]2CNC(=O)OC(C)(C)C)s1. The average molecular weight is 588 g/mol. The fourth-order valence-electron chi connectivity index (χ4n) is 4.82. The molecule has 1 aliphatic rings. The molecule has 5 heterocycles. The normalized spacial score (nSPS) is 15.2. The molecule has 4 aromatic rings. The highest BCUT2D eigenvalue weighted by Crippen LogP contribution is 2.34. The van der Waals surface area contributed by atoms with Crippen molar-refractivity contribution in [2.45, 2.75) is 65.1 Å². The summed E-state index contributed by atoms with van der Waals surface area (Å²) >= 11 is 1.21. The first-order chi connectivity index (χ1) is 20.0. The minimum atomic E-state index is -0.594. The van der Waals surface area contributed by atoms with Crippen LogP contribution in [0.4, 0.5) is 10.5 Å². The van der Waals surface area contributed by atoms with E-state index >= 15 is 0 Å². The third-order valence-corrected chi connectivity index (χ3v) is 7.54. The van der Waals surface area contributed by atoms with Gasteiger partial charge in [0.05, 0.1) is 34.2 Å². The molecule has 2 amide bonds. The standard InChI is InChI=1S/C29H33N9O3S/c1-17(2)34-22-12-23(24-9-8-19-11-18(13-30)14-33-38(19)24)31-16-21(22)25-35-36-26(42-25)27(39)37-10-6-7-20(37)15-32-28(40)41-29(3,4)5/h8-9,11-12,14,16-17,20H,6-7,10,15H2,1-5H3,(H,31,34)(H,32,40)/t20-/m1/s1. The van der Waals surface area contributed by atoms with Gasteiger partial charge in [0.1, 0.15) is 11.7 Å². The van der Waals surface area contributed by atoms with Gasteiger partial charge < -0.3 is 20.3 Å². The number of pyridine rings is 1. The molecule has 1 atom stereocenters. The van der Waals surface area contributed by atoms with E-state index in [0.29, 0.717) is 29.4 Å². The molecule has 13 heteroatoms. The van der Waals surface area contributed by atoms with Crippen molar-refractivity contribution in [2.24, 2.45) is 0 Å². The number of carbonyl (C=O) groups excluding carboxylic acids is 2. The maximum absolute atomic E-state index is 13.4. The van der Waals surface area contributed by atoms with Crippen molar-refractivity contribution in [3.05, 3.63) is 47.2 Å². The zero-order valence-electron chi connectivity index (χ0n) is 24.2. The second-order valence-electron chi connectivity index (χ2n) is 11.4. The second-order valence-corrected chi connectivity index (χ2v) is 12.4. The van der Waals surface area contributed by atoms with Crippen LogP contribution in [0.3, 0.4) is 0 Å². The molecule has 0 saturated carbocycles. The number of amides is 2. The lowest BCUT2D eigenvalue weighted by Crippen LogP contribution is -2.44. The van der Waals surface area contributed by atoms with Gasteiger partial charge in [0.15, 0.2) is 5.01 Å². The van der Waals surface area contributed by atoms with E-state index in [1.54, 1.807) is 21.7 Å². The molecule has 12 nitrogen and oxygen atoms in total. The molecule has 1 fully saturated rings. The summed E-state index contributed by atoms with van der Waals surface area (Å²) in [5.41, 5.74) is 3.69. The number of likely N-dealkylation sites (tertiary alicyclic amines) is 1. The maximum atomic E-state index is 13.4. The van der Waals surface area contributed by atoms with Crippen LogP contribution >= 0.6 is 11.3 Å². The molecule has 2 N–H and O–H groups in total. The fourth-order valence-corrected chi connectivity index (χ4v) is 5.65. The van der Waals surface area contributed by atoms with Crippen LogP contribution in [0.1, 0.15) is 62.8 Å². The Kier molecular flexibility index (Phi) is 8.08. The quantitative estimate of drug-likeness (QED) is 0.313. The average Bonchev–Trinajstić information content (AvgIpc) is 3.69. The topological polar surface area (TPSA) is 150 Å². The Morgan fingerprint density at radius 2 is 2.02 bits per heavy atom. The van der Waals surface area contributed by atoms with Gasteiger partial charge in [-0.1, -0.05) is 11.3 Å². The Labute approximate surface area is 247 Å². The lowest BCUT2D eigenvalue weighted by molar-refractivity contribution is 0.0501. The van der Waals surface area contributed by atoms with Crippen LogP contribution in [0.5, 0.6) is 0 Å². The number of aromatic nitrogens is 5. The van der Waals surface area contributed by atoms with Crippen LogP contribution in [0, 0.1) is 11.3 Å². The van der Waals surface area contributed by atoms with Gasteiger partial charge >= 0.3 is 6.09 Å². The number of alkyl carbamates (subject to hydrolysis) is 1. The van der Waals surface area contributed by atoms with Crippen LogP contribution in [-0.4, -0.2) is 72.5 Å². The van der Waals surface area contributed by atoms with Gasteiger partial charge in [-0.2, -0.15) is 10.4 Å². The molecule has 1 aliphatic heterocycles. The van der Waals surface area contributed by atoms with Crippen LogP contribution in [0.15, 0.2) is 36.7 Å². The minimum absolute atomic E-state index is 0.122. The Hall–Kier alpha value is -4.57. The van der Waals surface area contributed by atoms with E-state index in [9.17, 15) is 14.9 Å². The van der Waals surface area contributed by atoms with Gasteiger partial charge in [-0.15, -0.1) is 10.2 Å². The van der Waals surface area contributed by atoms with Crippen molar-refractivity contribution < 1.29 is 14.3 Å². The van der Waals surface area contributed by atoms with Gasteiger partial charge in [-0.3, -0.25) is 9.78 Å². The highest BCUT2D eigenvalue weighted by molar-refractivity contribution is 7.16. The number of rotatable bonds is 7. The number of nitrogens with one attached hydrogen (secondary N) is 2. The van der Waals surface area contributed by atoms with Crippen LogP contribution in [0.25, 0.3) is 27.5 Å². The molecule has 5 rings (SSSR count). The van der Waals surface area contributed by atoms with Gasteiger partial charge in [0.2, 0.25) is 5.01 Å². The smallest absolute Gasteiger partial charge is 0.407 e. The molecule has 0 aliphatic carbocycles. The van der Waals surface area contributed by atoms with E-state index in [2.05, 4.69) is 32.0 Å². The molecule has 0 aromatic carbocycles. The lowest BCUT2D eigenvalue weighted by atomic mass is 10.1. The number of nitrogens with zero attached hydrogens (tertiary/aromatic N) is 7. The number of anilines is 1. The van der Waals surface area contributed by atoms with Gasteiger partial charge in [-0.05, 0) is 71.7 Å². The van der Waals surface area contributed by atoms with Crippen molar-refractivity contribution in [1.29, 1.82) is 5.26 Å². The van der Waals surface area contributed by atoms with Crippen molar-refractivity contribution in [2.75, 3.05) is 18.4 Å². The predicted octanol–water partition coefficient (Wildman–Crippen LogP) is 4.74. The molecule has 0 radical (unpaired) electrons. The van der Waals surface area contributed by atoms with Crippen LogP contribution < -0.4 is 10.6 Å². The molecular weight excluding hydrogens is 554 g/mol. The lowest BCUT2D eigenvalue weighted by Gasteiger charge is -2.25. The van der Waals surface area contributed by atoms with Crippen molar-refractivity contribution >= 4 is 34.5 Å². The number of ether oxygens (including phenoxy) is 1. The molecule has 4 aromatic heterocycles. The number of carbonyl (C=O) groups is 2. The molecule has 0 spiro atoms. The van der Waals surface area contributed by atoms with Crippen LogP contribution in [-0.2, 0) is 4.74 Å². The number of nitriles is 1. The Morgan fingerprint density at radius 3 is 2.76 bits per heavy atom. The van der Waals surface area contributed by atoms with E-state index in [1.165, 1.54) is 17.5 Å². The van der Waals surface area contributed by atoms with Gasteiger partial charge in [0, 0.05) is 37.1 Å². The van der Waals surface area contributed by atoms with Crippen molar-refractivity contribution in [3.8, 4) is 28.0 Å². The molecular formula is C29H33N9O3S. The number of fused-ring (bicyclic) bond motifs is 1. The molecule has 218 valence electrons. The minimum Gasteiger partial charge on any atom is -0.444 e. The summed E-state index contributed by atoms with van der Waals surface area (Å²) < 4.78 is 7.07. The first-order valence-corrected chi connectivity index (χ1v) is 14.6. The Morgan fingerprint density at radius 1 is 1.21 bits per heavy atom. The first kappa shape index (κ1) is 28.9. The molecule has 0 unspecified atom stereocenters. The summed E-state index contributed by atoms with van der Waals surface area (Å²) in [6.07, 6.45) is 4.37. The fraction of sp³-hybridized carbons (Fsp3) is 0.414. The molecule has 1 saturated heterocycles. The van der Waals surface area contributed by atoms with Gasteiger partial charge in [0.25, 0.3) is 5.91 Å². The van der Waals surface area contributed by atoms with Crippen LogP contribution in [0.2, 0.25) is 0 Å². The van der Waals surface area contributed by atoms with E-state index in [1.807, 2.05) is 52.8 Å². The number of hydrogen-bond donors (Lipinski definition) is 2. The largest absolute Gasteiger partial charge is 0.444 e. The van der Waals surface area contributed by atoms with Crippen molar-refractivity contribution in [3.63, 3.8) is 0 Å². The third kappa shape index (κ3) is 6.33. The van der Waals surface area contributed by atoms with E-state index in [4.69, 9.17) is 9.72 Å². The monoisotopic (exact) mass is 587 g/mol. The summed E-state index contributed by atoms with van der Waals surface area (Å²) in [5, 5.41) is 29.3. The van der Waals surface area contributed by atoms with Gasteiger partial charge in [-0.25, -0.2) is 9.31 Å². The highest BCUT2D eigenvalue weighted by atomic mass is 32.1. The van der Waals surface area contributed by atoms with E-state index < -0.39 is 11.7 Å². The summed E-state index contributed by atoms with van der Waals surface area (Å²) in [6.45, 7) is 10.4. The maximum Gasteiger partial charge on any atom is 0.407 e. The molecule has 0 bridgehead atoms. The Bertz CT molecular complexity index is 1660. The summed E-state index contributed by atoms with van der Waals surface area (Å²) in [5.74, 6) is -0.211. The summed E-state index contributed by atoms with van der Waals surface area (Å²) in [6, 6.07) is 9.60. The van der Waals surface area contributed by atoms with Crippen molar-refractivity contribution in [1.82, 2.24) is 35.0 Å². The third-order valence-electron chi connectivity index (χ3n) is 6.60. The summed E-state index contributed by atoms with van der Waals surface area (Å²) in [7, 11) is 0. The summed E-state index contributed by atoms with van der Waals surface area (Å²) in [4.78, 5) is 32.0. The first-order valence-electron chi connectivity index (χ1n) is 13.8. The van der Waals surface area contributed by atoms with E-state index in [0.717, 1.165) is 35.3 Å². The van der Waals surface area contributed by atoms with E-state index in [-0.39, 0.29) is 23.0 Å².